The smallest absolute Gasteiger partial charge is 0.153 e. The number of carbonyl (C=O) groups excluding carboxylic acids is 1. The Balaban J connectivity index is 0.000000200. The molecular formula is C12H8Cl4N2O2. The van der Waals surface area contributed by atoms with Crippen molar-refractivity contribution in [1.82, 2.24) is 9.97 Å². The largest absolute Gasteiger partial charge is 0.392 e. The molecule has 4 nitrogen and oxygen atoms in total. The van der Waals surface area contributed by atoms with Gasteiger partial charge in [-0.2, -0.15) is 0 Å². The van der Waals surface area contributed by atoms with Gasteiger partial charge in [0.2, 0.25) is 0 Å². The standard InChI is InChI=1S/C6H5Cl2NO.C6H3Cl2NO/c2*7-5-1-9-2-6(8)4(5)3-10/h1-2,10H,3H2;1-3H. The molecule has 0 atom stereocenters. The topological polar surface area (TPSA) is 63.1 Å². The molecule has 2 aromatic heterocycles. The summed E-state index contributed by atoms with van der Waals surface area (Å²) in [7, 11) is 0. The molecule has 0 aliphatic rings. The molecule has 2 heterocycles. The maximum Gasteiger partial charge on any atom is 0.153 e. The first-order chi connectivity index (χ1) is 9.51. The molecule has 1 N–H and O–H groups in total. The van der Waals surface area contributed by atoms with Crippen molar-refractivity contribution >= 4 is 52.7 Å². The lowest BCUT2D eigenvalue weighted by molar-refractivity contribution is 0.112. The van der Waals surface area contributed by atoms with Crippen LogP contribution in [0.5, 0.6) is 0 Å². The number of carbonyl (C=O) groups is 1. The Morgan fingerprint density at radius 1 is 0.900 bits per heavy atom. The van der Waals surface area contributed by atoms with Crippen molar-refractivity contribution < 1.29 is 9.90 Å². The number of aldehydes is 1. The Hall–Kier alpha value is -0.910. The number of halogens is 4. The third kappa shape index (κ3) is 4.58. The van der Waals surface area contributed by atoms with E-state index in [-0.39, 0.29) is 16.7 Å². The van der Waals surface area contributed by atoms with Crippen LogP contribution < -0.4 is 0 Å². The van der Waals surface area contributed by atoms with Gasteiger partial charge in [0.25, 0.3) is 0 Å². The second-order valence-corrected chi connectivity index (χ2v) is 5.00. The van der Waals surface area contributed by atoms with Gasteiger partial charge in [-0.3, -0.25) is 14.8 Å². The van der Waals surface area contributed by atoms with E-state index in [2.05, 4.69) is 9.97 Å². The number of hydrogen-bond donors (Lipinski definition) is 1. The van der Waals surface area contributed by atoms with Gasteiger partial charge in [-0.15, -0.1) is 0 Å². The van der Waals surface area contributed by atoms with Gasteiger partial charge in [0.1, 0.15) is 0 Å². The Kier molecular flexibility index (Phi) is 7.19. The highest BCUT2D eigenvalue weighted by Gasteiger charge is 2.03. The number of pyridine rings is 2. The van der Waals surface area contributed by atoms with Crippen molar-refractivity contribution in [3.8, 4) is 0 Å². The molecule has 0 saturated carbocycles. The number of aromatic nitrogens is 2. The number of aliphatic hydroxyl groups is 1. The molecule has 0 aliphatic carbocycles. The van der Waals surface area contributed by atoms with E-state index in [1.807, 2.05) is 0 Å². The van der Waals surface area contributed by atoms with Crippen molar-refractivity contribution in [2.75, 3.05) is 0 Å². The lowest BCUT2D eigenvalue weighted by atomic mass is 10.3. The molecule has 0 unspecified atom stereocenters. The number of aliphatic hydroxyl groups excluding tert-OH is 1. The molecule has 2 rings (SSSR count). The fraction of sp³-hybridized carbons (Fsp3) is 0.0833. The Morgan fingerprint density at radius 3 is 1.55 bits per heavy atom. The van der Waals surface area contributed by atoms with Gasteiger partial charge < -0.3 is 5.11 Å². The normalized spacial score (nSPS) is 9.65. The minimum Gasteiger partial charge on any atom is -0.392 e. The molecule has 0 radical (unpaired) electrons. The first-order valence-electron chi connectivity index (χ1n) is 5.14. The van der Waals surface area contributed by atoms with Gasteiger partial charge in [-0.05, 0) is 0 Å². The summed E-state index contributed by atoms with van der Waals surface area (Å²) in [6, 6.07) is 0. The summed E-state index contributed by atoms with van der Waals surface area (Å²) in [4.78, 5) is 17.6. The summed E-state index contributed by atoms with van der Waals surface area (Å²) < 4.78 is 0. The molecule has 0 spiro atoms. The minimum absolute atomic E-state index is 0.153. The van der Waals surface area contributed by atoms with Gasteiger partial charge in [0.15, 0.2) is 6.29 Å². The summed E-state index contributed by atoms with van der Waals surface area (Å²) in [5, 5.41) is 10.1. The van der Waals surface area contributed by atoms with Crippen LogP contribution >= 0.6 is 46.4 Å². The summed E-state index contributed by atoms with van der Waals surface area (Å²) in [6.07, 6.45) is 6.23. The van der Waals surface area contributed by atoms with Gasteiger partial charge in [-0.1, -0.05) is 46.4 Å². The lowest BCUT2D eigenvalue weighted by Gasteiger charge is -1.99. The van der Waals surface area contributed by atoms with Crippen LogP contribution in [-0.4, -0.2) is 21.4 Å². The summed E-state index contributed by atoms with van der Waals surface area (Å²) in [5.74, 6) is 0. The molecule has 0 saturated heterocycles. The van der Waals surface area contributed by atoms with E-state index in [1.54, 1.807) is 0 Å². The van der Waals surface area contributed by atoms with Crippen molar-refractivity contribution in [3.05, 3.63) is 56.0 Å². The number of nitrogens with zero attached hydrogens (tertiary/aromatic N) is 2. The van der Waals surface area contributed by atoms with Crippen molar-refractivity contribution in [2.45, 2.75) is 6.61 Å². The second kappa shape index (κ2) is 8.39. The molecule has 0 aromatic carbocycles. The summed E-state index contributed by atoms with van der Waals surface area (Å²) >= 11 is 22.3. The Bertz CT molecular complexity index is 568. The number of rotatable bonds is 2. The van der Waals surface area contributed by atoms with Crippen LogP contribution in [0.3, 0.4) is 0 Å². The van der Waals surface area contributed by atoms with Crippen LogP contribution in [0.15, 0.2) is 24.8 Å². The first-order valence-corrected chi connectivity index (χ1v) is 6.65. The van der Waals surface area contributed by atoms with E-state index in [1.165, 1.54) is 24.8 Å². The van der Waals surface area contributed by atoms with E-state index in [4.69, 9.17) is 51.5 Å². The van der Waals surface area contributed by atoms with E-state index < -0.39 is 0 Å². The van der Waals surface area contributed by atoms with E-state index in [0.717, 1.165) is 0 Å². The SMILES string of the molecule is O=Cc1c(Cl)cncc1Cl.OCc1c(Cl)cncc1Cl. The summed E-state index contributed by atoms with van der Waals surface area (Å²) in [6.45, 7) is -0.153. The maximum atomic E-state index is 10.3. The summed E-state index contributed by atoms with van der Waals surface area (Å²) in [5.41, 5.74) is 0.816. The van der Waals surface area contributed by atoms with Gasteiger partial charge >= 0.3 is 0 Å². The van der Waals surface area contributed by atoms with Crippen molar-refractivity contribution in [1.29, 1.82) is 0 Å². The number of hydrogen-bond acceptors (Lipinski definition) is 4. The van der Waals surface area contributed by atoms with E-state index in [9.17, 15) is 4.79 Å². The fourth-order valence-electron chi connectivity index (χ4n) is 1.12. The Labute approximate surface area is 135 Å². The highest BCUT2D eigenvalue weighted by atomic mass is 35.5. The quantitative estimate of drug-likeness (QED) is 0.826. The molecule has 2 aromatic rings. The highest BCUT2D eigenvalue weighted by molar-refractivity contribution is 6.38. The molecule has 0 fully saturated rings. The first kappa shape index (κ1) is 17.1. The zero-order valence-corrected chi connectivity index (χ0v) is 12.9. The zero-order valence-electron chi connectivity index (χ0n) is 9.86. The van der Waals surface area contributed by atoms with E-state index >= 15 is 0 Å². The molecule has 0 bridgehead atoms. The zero-order chi connectivity index (χ0) is 15.1. The van der Waals surface area contributed by atoms with Crippen LogP contribution in [0.1, 0.15) is 15.9 Å². The maximum absolute atomic E-state index is 10.3. The van der Waals surface area contributed by atoms with E-state index in [0.29, 0.717) is 27.5 Å². The van der Waals surface area contributed by atoms with Crippen LogP contribution in [-0.2, 0) is 6.61 Å². The minimum atomic E-state index is -0.153. The predicted octanol–water partition coefficient (Wildman–Crippen LogP) is 4.08. The average molecular weight is 354 g/mol. The lowest BCUT2D eigenvalue weighted by Crippen LogP contribution is -1.87. The van der Waals surface area contributed by atoms with Gasteiger partial charge in [0.05, 0.1) is 32.3 Å². The molecule has 0 aliphatic heterocycles. The Morgan fingerprint density at radius 2 is 1.30 bits per heavy atom. The van der Waals surface area contributed by atoms with Crippen molar-refractivity contribution in [2.24, 2.45) is 0 Å². The predicted molar refractivity (Wildman–Crippen MR) is 79.8 cm³/mol. The molecular weight excluding hydrogens is 346 g/mol. The van der Waals surface area contributed by atoms with Crippen LogP contribution in [0, 0.1) is 0 Å². The van der Waals surface area contributed by atoms with Crippen LogP contribution in [0.4, 0.5) is 0 Å². The third-order valence-corrected chi connectivity index (χ3v) is 3.37. The third-order valence-electron chi connectivity index (χ3n) is 2.12. The van der Waals surface area contributed by atoms with Gasteiger partial charge in [-0.25, -0.2) is 0 Å². The second-order valence-electron chi connectivity index (χ2n) is 3.37. The molecule has 20 heavy (non-hydrogen) atoms. The van der Waals surface area contributed by atoms with Crippen molar-refractivity contribution in [3.63, 3.8) is 0 Å². The van der Waals surface area contributed by atoms with Crippen LogP contribution in [0.2, 0.25) is 20.1 Å². The molecule has 8 heteroatoms. The fourth-order valence-corrected chi connectivity index (χ4v) is 2.06. The average Bonchev–Trinajstić information content (AvgIpc) is 2.40. The monoisotopic (exact) mass is 352 g/mol. The van der Waals surface area contributed by atoms with Crippen LogP contribution in [0.25, 0.3) is 0 Å². The molecule has 106 valence electrons. The molecule has 0 amide bonds. The highest BCUT2D eigenvalue weighted by Crippen LogP contribution is 2.22. The van der Waals surface area contributed by atoms with Gasteiger partial charge in [0, 0.05) is 30.4 Å².